The van der Waals surface area contributed by atoms with Gasteiger partial charge >= 0.3 is 0 Å². The molecule has 4 rings (SSSR count). The molecule has 8 heteroatoms. The van der Waals surface area contributed by atoms with E-state index >= 15 is 0 Å². The summed E-state index contributed by atoms with van der Waals surface area (Å²) < 4.78 is 7.05. The van der Waals surface area contributed by atoms with Crippen molar-refractivity contribution in [3.05, 3.63) is 66.4 Å². The molecule has 1 saturated carbocycles. The SMILES string of the molecule is CCN(CC(=O)Nc1ccccc1OC)CC(=O)Nc1cc(C2CC2)nn1-c1ccccc1. The molecule has 3 aromatic rings. The molecule has 0 radical (unpaired) electrons. The maximum atomic E-state index is 12.9. The van der Waals surface area contributed by atoms with Crippen LogP contribution in [0.5, 0.6) is 5.75 Å². The van der Waals surface area contributed by atoms with E-state index in [1.165, 1.54) is 0 Å². The number of ether oxygens (including phenoxy) is 1. The quantitative estimate of drug-likeness (QED) is 0.495. The Hall–Kier alpha value is -3.65. The molecule has 1 fully saturated rings. The van der Waals surface area contributed by atoms with Crippen molar-refractivity contribution in [3.63, 3.8) is 0 Å². The van der Waals surface area contributed by atoms with Gasteiger partial charge in [0.1, 0.15) is 11.6 Å². The first kappa shape index (κ1) is 22.5. The third-order valence-corrected chi connectivity index (χ3v) is 5.55. The van der Waals surface area contributed by atoms with Crippen molar-refractivity contribution in [1.82, 2.24) is 14.7 Å². The average Bonchev–Trinajstić information content (AvgIpc) is 3.60. The number of benzene rings is 2. The van der Waals surface area contributed by atoms with Crippen LogP contribution in [-0.4, -0.2) is 53.2 Å². The zero-order valence-corrected chi connectivity index (χ0v) is 19.0. The number of likely N-dealkylation sites (N-methyl/N-ethyl adjacent to an activating group) is 1. The first-order chi connectivity index (χ1) is 16.1. The predicted molar refractivity (Wildman–Crippen MR) is 128 cm³/mol. The first-order valence-electron chi connectivity index (χ1n) is 11.2. The van der Waals surface area contributed by atoms with Crippen LogP contribution in [0, 0.1) is 0 Å². The molecule has 0 spiro atoms. The molecule has 8 nitrogen and oxygen atoms in total. The van der Waals surface area contributed by atoms with Gasteiger partial charge in [0.15, 0.2) is 0 Å². The highest BCUT2D eigenvalue weighted by Gasteiger charge is 2.28. The summed E-state index contributed by atoms with van der Waals surface area (Å²) >= 11 is 0. The minimum Gasteiger partial charge on any atom is -0.495 e. The molecule has 0 unspecified atom stereocenters. The Bertz CT molecular complexity index is 1110. The molecule has 2 aromatic carbocycles. The second kappa shape index (κ2) is 10.3. The number of anilines is 2. The van der Waals surface area contributed by atoms with Crippen LogP contribution in [-0.2, 0) is 9.59 Å². The highest BCUT2D eigenvalue weighted by molar-refractivity contribution is 5.95. The van der Waals surface area contributed by atoms with Gasteiger partial charge in [0.2, 0.25) is 11.8 Å². The van der Waals surface area contributed by atoms with Crippen LogP contribution in [0.15, 0.2) is 60.7 Å². The van der Waals surface area contributed by atoms with E-state index in [0.717, 1.165) is 24.2 Å². The van der Waals surface area contributed by atoms with Crippen LogP contribution in [0.3, 0.4) is 0 Å². The second-order valence-corrected chi connectivity index (χ2v) is 8.08. The summed E-state index contributed by atoms with van der Waals surface area (Å²) in [5.74, 6) is 1.30. The molecular weight excluding hydrogens is 418 g/mol. The highest BCUT2D eigenvalue weighted by atomic mass is 16.5. The molecule has 0 saturated heterocycles. The topological polar surface area (TPSA) is 88.5 Å². The van der Waals surface area contributed by atoms with Crippen LogP contribution in [0.1, 0.15) is 31.4 Å². The fourth-order valence-corrected chi connectivity index (χ4v) is 3.64. The molecule has 1 heterocycles. The fourth-order valence-electron chi connectivity index (χ4n) is 3.64. The number of nitrogens with zero attached hydrogens (tertiary/aromatic N) is 3. The van der Waals surface area contributed by atoms with Gasteiger partial charge < -0.3 is 15.4 Å². The Labute approximate surface area is 193 Å². The number of rotatable bonds is 10. The first-order valence-corrected chi connectivity index (χ1v) is 11.2. The third kappa shape index (κ3) is 5.78. The van der Waals surface area contributed by atoms with Crippen molar-refractivity contribution in [3.8, 4) is 11.4 Å². The summed E-state index contributed by atoms with van der Waals surface area (Å²) in [6.45, 7) is 2.66. The van der Waals surface area contributed by atoms with Gasteiger partial charge in [-0.3, -0.25) is 14.5 Å². The van der Waals surface area contributed by atoms with Crippen LogP contribution in [0.25, 0.3) is 5.69 Å². The number of aromatic nitrogens is 2. The Morgan fingerprint density at radius 1 is 1.03 bits per heavy atom. The van der Waals surface area contributed by atoms with Crippen molar-refractivity contribution in [1.29, 1.82) is 0 Å². The van der Waals surface area contributed by atoms with Gasteiger partial charge in [0.25, 0.3) is 0 Å². The van der Waals surface area contributed by atoms with Crippen molar-refractivity contribution < 1.29 is 14.3 Å². The number of hydrogen-bond acceptors (Lipinski definition) is 5. The lowest BCUT2D eigenvalue weighted by molar-refractivity contribution is -0.119. The summed E-state index contributed by atoms with van der Waals surface area (Å²) in [5, 5.41) is 10.6. The lowest BCUT2D eigenvalue weighted by Crippen LogP contribution is -2.38. The third-order valence-electron chi connectivity index (χ3n) is 5.55. The summed E-state index contributed by atoms with van der Waals surface area (Å²) in [6.07, 6.45) is 2.26. The number of para-hydroxylation sites is 3. The van der Waals surface area contributed by atoms with Gasteiger partial charge in [0.05, 0.1) is 37.3 Å². The van der Waals surface area contributed by atoms with Crippen molar-refractivity contribution >= 4 is 23.3 Å². The standard InChI is InChI=1S/C25H29N5O3/c1-3-29(16-24(31)26-20-11-7-8-12-22(20)33-2)17-25(32)27-23-15-21(18-13-14-18)28-30(23)19-9-5-4-6-10-19/h4-12,15,18H,3,13-14,16-17H2,1-2H3,(H,26,31)(H,27,32). The molecule has 1 aliphatic carbocycles. The van der Waals surface area contributed by atoms with E-state index in [2.05, 4.69) is 10.6 Å². The number of nitrogens with one attached hydrogen (secondary N) is 2. The summed E-state index contributed by atoms with van der Waals surface area (Å²) in [5.41, 5.74) is 2.49. The lowest BCUT2D eigenvalue weighted by atomic mass is 10.3. The van der Waals surface area contributed by atoms with E-state index < -0.39 is 0 Å². The highest BCUT2D eigenvalue weighted by Crippen LogP contribution is 2.40. The maximum Gasteiger partial charge on any atom is 0.239 e. The number of carbonyl (C=O) groups excluding carboxylic acids is 2. The van der Waals surface area contributed by atoms with Crippen LogP contribution in [0.2, 0.25) is 0 Å². The molecular formula is C25H29N5O3. The van der Waals surface area contributed by atoms with E-state index in [4.69, 9.17) is 9.84 Å². The van der Waals surface area contributed by atoms with Crippen LogP contribution in [0.4, 0.5) is 11.5 Å². The molecule has 2 amide bonds. The Balaban J connectivity index is 1.40. The molecule has 0 atom stereocenters. The zero-order valence-electron chi connectivity index (χ0n) is 19.0. The summed E-state index contributed by atoms with van der Waals surface area (Å²) in [4.78, 5) is 27.2. The van der Waals surface area contributed by atoms with Crippen LogP contribution >= 0.6 is 0 Å². The minimum atomic E-state index is -0.209. The average molecular weight is 448 g/mol. The van der Waals surface area contributed by atoms with Gasteiger partial charge in [-0.25, -0.2) is 4.68 Å². The van der Waals surface area contributed by atoms with Crippen LogP contribution < -0.4 is 15.4 Å². The van der Waals surface area contributed by atoms with E-state index in [1.54, 1.807) is 28.8 Å². The number of methoxy groups -OCH3 is 1. The second-order valence-electron chi connectivity index (χ2n) is 8.08. The monoisotopic (exact) mass is 447 g/mol. The van der Waals surface area contributed by atoms with E-state index in [1.807, 2.05) is 55.5 Å². The summed E-state index contributed by atoms with van der Waals surface area (Å²) in [7, 11) is 1.56. The van der Waals surface area contributed by atoms with E-state index in [9.17, 15) is 9.59 Å². The number of carbonyl (C=O) groups is 2. The van der Waals surface area contributed by atoms with Gasteiger partial charge in [-0.2, -0.15) is 5.10 Å². The van der Waals surface area contributed by atoms with Gasteiger partial charge in [0, 0.05) is 12.0 Å². The molecule has 0 bridgehead atoms. The molecule has 172 valence electrons. The smallest absolute Gasteiger partial charge is 0.239 e. The Morgan fingerprint density at radius 2 is 1.70 bits per heavy atom. The molecule has 1 aliphatic rings. The minimum absolute atomic E-state index is 0.0905. The van der Waals surface area contributed by atoms with Crippen molar-refractivity contribution in [2.45, 2.75) is 25.7 Å². The largest absolute Gasteiger partial charge is 0.495 e. The van der Waals surface area contributed by atoms with E-state index in [-0.39, 0.29) is 24.9 Å². The van der Waals surface area contributed by atoms with Gasteiger partial charge in [-0.15, -0.1) is 0 Å². The van der Waals surface area contributed by atoms with Gasteiger partial charge in [-0.1, -0.05) is 37.3 Å². The van der Waals surface area contributed by atoms with E-state index in [0.29, 0.717) is 29.7 Å². The lowest BCUT2D eigenvalue weighted by Gasteiger charge is -2.20. The number of hydrogen-bond donors (Lipinski definition) is 2. The Kier molecular flexibility index (Phi) is 7.04. The molecule has 1 aromatic heterocycles. The fraction of sp³-hybridized carbons (Fsp3) is 0.320. The van der Waals surface area contributed by atoms with Crippen molar-refractivity contribution in [2.24, 2.45) is 0 Å². The molecule has 33 heavy (non-hydrogen) atoms. The van der Waals surface area contributed by atoms with Gasteiger partial charge in [-0.05, 0) is 43.7 Å². The molecule has 0 aliphatic heterocycles. The normalized spacial score (nSPS) is 13.1. The van der Waals surface area contributed by atoms with Crippen molar-refractivity contribution in [2.75, 3.05) is 37.4 Å². The molecule has 2 N–H and O–H groups in total. The summed E-state index contributed by atoms with van der Waals surface area (Å²) in [6, 6.07) is 18.9. The number of amides is 2. The Morgan fingerprint density at radius 3 is 2.36 bits per heavy atom. The maximum absolute atomic E-state index is 12.9. The predicted octanol–water partition coefficient (Wildman–Crippen LogP) is 3.66. The zero-order chi connectivity index (χ0) is 23.2.